The second kappa shape index (κ2) is 7.92. The van der Waals surface area contributed by atoms with Crippen LogP contribution in [-0.2, 0) is 9.59 Å². The van der Waals surface area contributed by atoms with Gasteiger partial charge in [-0.3, -0.25) is 19.7 Å². The Morgan fingerprint density at radius 1 is 1.32 bits per heavy atom. The summed E-state index contributed by atoms with van der Waals surface area (Å²) in [4.78, 5) is 34.8. The van der Waals surface area contributed by atoms with Crippen molar-refractivity contribution in [2.75, 3.05) is 18.4 Å². The molecule has 0 spiro atoms. The zero-order valence-electron chi connectivity index (χ0n) is 13.2. The number of hydrogen-bond donors (Lipinski definition) is 2. The van der Waals surface area contributed by atoms with Crippen molar-refractivity contribution in [1.82, 2.24) is 4.90 Å². The SMILES string of the molecule is N#C/C(=C/Nc1ccc([N+](=O)[O-])cc1)C(=O)N1CCC(C(=O)O)CC1. The van der Waals surface area contributed by atoms with Crippen LogP contribution < -0.4 is 5.32 Å². The Balaban J connectivity index is 2.00. The van der Waals surface area contributed by atoms with E-state index in [-0.39, 0.29) is 24.4 Å². The number of nitro benzene ring substituents is 1. The van der Waals surface area contributed by atoms with Crippen LogP contribution in [0.1, 0.15) is 12.8 Å². The molecule has 2 N–H and O–H groups in total. The summed E-state index contributed by atoms with van der Waals surface area (Å²) >= 11 is 0. The summed E-state index contributed by atoms with van der Waals surface area (Å²) < 4.78 is 0. The number of carbonyl (C=O) groups excluding carboxylic acids is 1. The van der Waals surface area contributed by atoms with Gasteiger partial charge >= 0.3 is 5.97 Å². The van der Waals surface area contributed by atoms with Crippen LogP contribution in [0.5, 0.6) is 0 Å². The molecule has 1 heterocycles. The average molecular weight is 344 g/mol. The minimum Gasteiger partial charge on any atom is -0.481 e. The number of nitrogens with one attached hydrogen (secondary N) is 1. The number of nitro groups is 1. The van der Waals surface area contributed by atoms with Gasteiger partial charge in [-0.25, -0.2) is 0 Å². The highest BCUT2D eigenvalue weighted by atomic mass is 16.6. The zero-order valence-corrected chi connectivity index (χ0v) is 13.2. The molecular formula is C16H16N4O5. The number of nitrogens with zero attached hydrogens (tertiary/aromatic N) is 3. The maximum absolute atomic E-state index is 12.3. The molecule has 0 aliphatic carbocycles. The van der Waals surface area contributed by atoms with Crippen LogP contribution in [-0.4, -0.2) is 39.9 Å². The standard InChI is InChI=1S/C16H16N4O5/c17-9-12(10-18-13-1-3-14(4-2-13)20(24)25)15(21)19-7-5-11(6-8-19)16(22)23/h1-4,10-11,18H,5-8H2,(H,22,23)/b12-10-. The van der Waals surface area contributed by atoms with E-state index < -0.39 is 22.7 Å². The fraction of sp³-hybridized carbons (Fsp3) is 0.312. The molecule has 1 amide bonds. The van der Waals surface area contributed by atoms with E-state index in [0.717, 1.165) is 0 Å². The first-order chi connectivity index (χ1) is 11.9. The summed E-state index contributed by atoms with van der Waals surface area (Å²) in [6, 6.07) is 7.36. The summed E-state index contributed by atoms with van der Waals surface area (Å²) in [6.07, 6.45) is 1.96. The summed E-state index contributed by atoms with van der Waals surface area (Å²) in [5.74, 6) is -1.81. The van der Waals surface area contributed by atoms with E-state index >= 15 is 0 Å². The van der Waals surface area contributed by atoms with Crippen LogP contribution in [0.2, 0.25) is 0 Å². The number of carbonyl (C=O) groups is 2. The van der Waals surface area contributed by atoms with Gasteiger partial charge in [0.1, 0.15) is 11.6 Å². The third kappa shape index (κ3) is 4.54. The number of rotatable bonds is 5. The predicted octanol–water partition coefficient (Wildman–Crippen LogP) is 1.74. The fourth-order valence-corrected chi connectivity index (χ4v) is 2.48. The van der Waals surface area contributed by atoms with Crippen molar-refractivity contribution in [1.29, 1.82) is 5.26 Å². The Morgan fingerprint density at radius 3 is 2.40 bits per heavy atom. The average Bonchev–Trinajstić information content (AvgIpc) is 2.62. The molecule has 1 aliphatic rings. The first-order valence-electron chi connectivity index (χ1n) is 7.55. The molecule has 9 nitrogen and oxygen atoms in total. The molecule has 1 fully saturated rings. The molecule has 0 radical (unpaired) electrons. The van der Waals surface area contributed by atoms with Gasteiger partial charge in [-0.15, -0.1) is 0 Å². The first kappa shape index (κ1) is 17.9. The molecule has 0 unspecified atom stereocenters. The molecule has 0 aromatic heterocycles. The highest BCUT2D eigenvalue weighted by molar-refractivity contribution is 5.97. The highest BCUT2D eigenvalue weighted by Crippen LogP contribution is 2.19. The lowest BCUT2D eigenvalue weighted by Crippen LogP contribution is -2.40. The van der Waals surface area contributed by atoms with Crippen molar-refractivity contribution < 1.29 is 19.6 Å². The Morgan fingerprint density at radius 2 is 1.92 bits per heavy atom. The summed E-state index contributed by atoms with van der Waals surface area (Å²) in [5, 5.41) is 31.5. The van der Waals surface area contributed by atoms with Crippen LogP contribution in [0.25, 0.3) is 0 Å². The first-order valence-corrected chi connectivity index (χ1v) is 7.55. The lowest BCUT2D eigenvalue weighted by Gasteiger charge is -2.29. The Labute approximate surface area is 143 Å². The van der Waals surface area contributed by atoms with Gasteiger partial charge in [0.05, 0.1) is 10.8 Å². The number of carboxylic acid groups (broad SMARTS) is 1. The van der Waals surface area contributed by atoms with E-state index in [0.29, 0.717) is 18.5 Å². The lowest BCUT2D eigenvalue weighted by atomic mass is 9.97. The Kier molecular flexibility index (Phi) is 5.68. The highest BCUT2D eigenvalue weighted by Gasteiger charge is 2.28. The molecule has 1 aliphatic heterocycles. The van der Waals surface area contributed by atoms with Crippen LogP contribution in [0, 0.1) is 27.4 Å². The quantitative estimate of drug-likeness (QED) is 0.359. The van der Waals surface area contributed by atoms with Crippen molar-refractivity contribution in [2.45, 2.75) is 12.8 Å². The van der Waals surface area contributed by atoms with Gasteiger partial charge in [0.15, 0.2) is 0 Å². The summed E-state index contributed by atoms with van der Waals surface area (Å²) in [5.41, 5.74) is 0.315. The van der Waals surface area contributed by atoms with E-state index in [1.807, 2.05) is 6.07 Å². The van der Waals surface area contributed by atoms with Gasteiger partial charge in [0, 0.05) is 37.1 Å². The second-order valence-corrected chi connectivity index (χ2v) is 5.52. The number of likely N-dealkylation sites (tertiary alicyclic amines) is 1. The van der Waals surface area contributed by atoms with Gasteiger partial charge in [-0.05, 0) is 25.0 Å². The summed E-state index contributed by atoms with van der Waals surface area (Å²) in [7, 11) is 0. The molecule has 2 rings (SSSR count). The van der Waals surface area contributed by atoms with Crippen molar-refractivity contribution >= 4 is 23.3 Å². The van der Waals surface area contributed by atoms with Gasteiger partial charge in [0.2, 0.25) is 0 Å². The van der Waals surface area contributed by atoms with Crippen LogP contribution in [0.15, 0.2) is 36.0 Å². The number of amides is 1. The minimum absolute atomic E-state index is 0.0626. The fourth-order valence-electron chi connectivity index (χ4n) is 2.48. The number of carboxylic acids is 1. The number of aliphatic carboxylic acids is 1. The van der Waals surface area contributed by atoms with Crippen molar-refractivity contribution in [2.24, 2.45) is 5.92 Å². The smallest absolute Gasteiger partial charge is 0.306 e. The van der Waals surface area contributed by atoms with Gasteiger partial charge in [-0.2, -0.15) is 5.26 Å². The number of nitriles is 1. The largest absolute Gasteiger partial charge is 0.481 e. The summed E-state index contributed by atoms with van der Waals surface area (Å²) in [6.45, 7) is 0.568. The molecule has 1 saturated heterocycles. The molecule has 0 bridgehead atoms. The molecule has 9 heteroatoms. The molecule has 0 atom stereocenters. The monoisotopic (exact) mass is 344 g/mol. The second-order valence-electron chi connectivity index (χ2n) is 5.52. The topological polar surface area (TPSA) is 137 Å². The normalized spacial score (nSPS) is 15.3. The number of benzene rings is 1. The molecule has 0 saturated carbocycles. The molecular weight excluding hydrogens is 328 g/mol. The number of hydrogen-bond acceptors (Lipinski definition) is 6. The maximum atomic E-state index is 12.3. The van der Waals surface area contributed by atoms with E-state index in [9.17, 15) is 25.0 Å². The van der Waals surface area contributed by atoms with E-state index in [1.165, 1.54) is 35.4 Å². The third-order valence-electron chi connectivity index (χ3n) is 3.94. The van der Waals surface area contributed by atoms with Crippen LogP contribution in [0.4, 0.5) is 11.4 Å². The number of piperidine rings is 1. The maximum Gasteiger partial charge on any atom is 0.306 e. The van der Waals surface area contributed by atoms with Gasteiger partial charge < -0.3 is 15.3 Å². The number of anilines is 1. The molecule has 130 valence electrons. The molecule has 25 heavy (non-hydrogen) atoms. The van der Waals surface area contributed by atoms with Crippen molar-refractivity contribution in [3.63, 3.8) is 0 Å². The molecule has 1 aromatic carbocycles. The Hall–Kier alpha value is -3.41. The van der Waals surface area contributed by atoms with E-state index in [4.69, 9.17) is 5.11 Å². The van der Waals surface area contributed by atoms with Crippen LogP contribution in [0.3, 0.4) is 0 Å². The molecule has 1 aromatic rings. The zero-order chi connectivity index (χ0) is 18.4. The Bertz CT molecular complexity index is 743. The van der Waals surface area contributed by atoms with E-state index in [2.05, 4.69) is 5.32 Å². The minimum atomic E-state index is -0.872. The van der Waals surface area contributed by atoms with E-state index in [1.54, 1.807) is 0 Å². The van der Waals surface area contributed by atoms with Crippen molar-refractivity contribution in [3.05, 3.63) is 46.2 Å². The van der Waals surface area contributed by atoms with Crippen LogP contribution >= 0.6 is 0 Å². The number of non-ortho nitro benzene ring substituents is 1. The van der Waals surface area contributed by atoms with Crippen molar-refractivity contribution in [3.8, 4) is 6.07 Å². The van der Waals surface area contributed by atoms with Gasteiger partial charge in [-0.1, -0.05) is 0 Å². The predicted molar refractivity (Wildman–Crippen MR) is 87.4 cm³/mol. The van der Waals surface area contributed by atoms with Gasteiger partial charge in [0.25, 0.3) is 11.6 Å². The lowest BCUT2D eigenvalue weighted by molar-refractivity contribution is -0.384. The third-order valence-corrected chi connectivity index (χ3v) is 3.94.